The largest absolute Gasteiger partial charge is 0.309 e. The standard InChI is InChI=1S/C14H17FN2S/c1-10(6-12-4-3-5-13(15)7-12)16-8-14-11(2)17-9-18-14/h3-5,7,9-10,16H,6,8H2,1-2H3. The van der Waals surface area contributed by atoms with Crippen molar-refractivity contribution in [1.29, 1.82) is 0 Å². The lowest BCUT2D eigenvalue weighted by Crippen LogP contribution is -2.27. The zero-order valence-electron chi connectivity index (χ0n) is 10.6. The second kappa shape index (κ2) is 6.07. The van der Waals surface area contributed by atoms with E-state index in [0.29, 0.717) is 6.04 Å². The van der Waals surface area contributed by atoms with Gasteiger partial charge in [-0.15, -0.1) is 11.3 Å². The van der Waals surface area contributed by atoms with Crippen LogP contribution in [0.1, 0.15) is 23.1 Å². The van der Waals surface area contributed by atoms with Gasteiger partial charge in [-0.05, 0) is 38.0 Å². The van der Waals surface area contributed by atoms with Gasteiger partial charge in [0.05, 0.1) is 11.2 Å². The van der Waals surface area contributed by atoms with E-state index >= 15 is 0 Å². The number of halogens is 1. The van der Waals surface area contributed by atoms with E-state index < -0.39 is 0 Å². The van der Waals surface area contributed by atoms with Crippen LogP contribution in [0.5, 0.6) is 0 Å². The van der Waals surface area contributed by atoms with Crippen molar-refractivity contribution in [2.75, 3.05) is 0 Å². The van der Waals surface area contributed by atoms with Gasteiger partial charge in [0.1, 0.15) is 5.82 Å². The first-order valence-electron chi connectivity index (χ1n) is 6.02. The maximum atomic E-state index is 13.1. The predicted molar refractivity (Wildman–Crippen MR) is 73.3 cm³/mol. The smallest absolute Gasteiger partial charge is 0.123 e. The minimum Gasteiger partial charge on any atom is -0.309 e. The molecule has 1 atom stereocenters. The summed E-state index contributed by atoms with van der Waals surface area (Å²) in [6.45, 7) is 4.96. The van der Waals surface area contributed by atoms with Gasteiger partial charge in [-0.1, -0.05) is 12.1 Å². The molecule has 0 saturated carbocycles. The molecule has 0 spiro atoms. The van der Waals surface area contributed by atoms with E-state index in [0.717, 1.165) is 24.2 Å². The number of thiazole rings is 1. The highest BCUT2D eigenvalue weighted by molar-refractivity contribution is 7.09. The summed E-state index contributed by atoms with van der Waals surface area (Å²) in [5, 5.41) is 3.44. The van der Waals surface area contributed by atoms with Gasteiger partial charge in [0.2, 0.25) is 0 Å². The van der Waals surface area contributed by atoms with Gasteiger partial charge in [0.25, 0.3) is 0 Å². The Morgan fingerprint density at radius 1 is 1.44 bits per heavy atom. The summed E-state index contributed by atoms with van der Waals surface area (Å²) in [6, 6.07) is 7.09. The van der Waals surface area contributed by atoms with Crippen molar-refractivity contribution in [3.8, 4) is 0 Å². The van der Waals surface area contributed by atoms with Crippen LogP contribution in [0.15, 0.2) is 29.8 Å². The summed E-state index contributed by atoms with van der Waals surface area (Å²) < 4.78 is 13.1. The number of aryl methyl sites for hydroxylation is 1. The average molecular weight is 264 g/mol. The Balaban J connectivity index is 1.86. The molecule has 1 heterocycles. The van der Waals surface area contributed by atoms with Crippen molar-refractivity contribution in [3.63, 3.8) is 0 Å². The van der Waals surface area contributed by atoms with Crippen molar-refractivity contribution >= 4 is 11.3 Å². The molecular formula is C14H17FN2S. The molecule has 1 unspecified atom stereocenters. The number of nitrogens with zero attached hydrogens (tertiary/aromatic N) is 1. The molecule has 18 heavy (non-hydrogen) atoms. The molecule has 0 aliphatic rings. The molecule has 0 fully saturated rings. The number of hydrogen-bond donors (Lipinski definition) is 1. The summed E-state index contributed by atoms with van der Waals surface area (Å²) >= 11 is 1.67. The van der Waals surface area contributed by atoms with Crippen LogP contribution in [0.25, 0.3) is 0 Å². The lowest BCUT2D eigenvalue weighted by Gasteiger charge is -2.13. The van der Waals surface area contributed by atoms with Crippen LogP contribution in [0.4, 0.5) is 4.39 Å². The molecular weight excluding hydrogens is 247 g/mol. The van der Waals surface area contributed by atoms with Gasteiger partial charge in [-0.25, -0.2) is 9.37 Å². The quantitative estimate of drug-likeness (QED) is 0.896. The van der Waals surface area contributed by atoms with E-state index in [-0.39, 0.29) is 5.82 Å². The molecule has 1 N–H and O–H groups in total. The molecule has 1 aromatic carbocycles. The highest BCUT2D eigenvalue weighted by atomic mass is 32.1. The SMILES string of the molecule is Cc1ncsc1CNC(C)Cc1cccc(F)c1. The summed E-state index contributed by atoms with van der Waals surface area (Å²) in [4.78, 5) is 5.48. The Morgan fingerprint density at radius 2 is 2.28 bits per heavy atom. The highest BCUT2D eigenvalue weighted by Crippen LogP contribution is 2.12. The lowest BCUT2D eigenvalue weighted by molar-refractivity contribution is 0.545. The van der Waals surface area contributed by atoms with Crippen LogP contribution >= 0.6 is 11.3 Å². The highest BCUT2D eigenvalue weighted by Gasteiger charge is 2.06. The maximum absolute atomic E-state index is 13.1. The van der Waals surface area contributed by atoms with Crippen LogP contribution in [0.3, 0.4) is 0 Å². The van der Waals surface area contributed by atoms with E-state index in [1.807, 2.05) is 18.5 Å². The fourth-order valence-corrected chi connectivity index (χ4v) is 2.58. The summed E-state index contributed by atoms with van der Waals surface area (Å²) in [6.07, 6.45) is 0.829. The number of nitrogens with one attached hydrogen (secondary N) is 1. The van der Waals surface area contributed by atoms with Crippen LogP contribution in [0, 0.1) is 12.7 Å². The van der Waals surface area contributed by atoms with Gasteiger partial charge in [0.15, 0.2) is 0 Å². The Labute approximate surface area is 111 Å². The third-order valence-corrected chi connectivity index (χ3v) is 3.82. The third kappa shape index (κ3) is 3.62. The summed E-state index contributed by atoms with van der Waals surface area (Å²) in [5.74, 6) is -0.169. The van der Waals surface area contributed by atoms with E-state index in [4.69, 9.17) is 0 Å². The first kappa shape index (κ1) is 13.2. The van der Waals surface area contributed by atoms with E-state index in [1.165, 1.54) is 10.9 Å². The van der Waals surface area contributed by atoms with Crippen LogP contribution in [-0.2, 0) is 13.0 Å². The molecule has 0 radical (unpaired) electrons. The van der Waals surface area contributed by atoms with Gasteiger partial charge < -0.3 is 5.32 Å². The number of rotatable bonds is 5. The van der Waals surface area contributed by atoms with Crippen molar-refractivity contribution < 1.29 is 4.39 Å². The molecule has 2 aromatic rings. The first-order chi connectivity index (χ1) is 8.65. The van der Waals surface area contributed by atoms with Gasteiger partial charge in [-0.3, -0.25) is 0 Å². The second-order valence-electron chi connectivity index (χ2n) is 4.48. The normalized spacial score (nSPS) is 12.6. The zero-order chi connectivity index (χ0) is 13.0. The Bertz CT molecular complexity index is 510. The molecule has 0 saturated heterocycles. The Morgan fingerprint density at radius 3 is 2.94 bits per heavy atom. The molecule has 0 aliphatic heterocycles. The zero-order valence-corrected chi connectivity index (χ0v) is 11.4. The molecule has 1 aromatic heterocycles. The van der Waals surface area contributed by atoms with Gasteiger partial charge in [0, 0.05) is 17.5 Å². The lowest BCUT2D eigenvalue weighted by atomic mass is 10.1. The molecule has 0 aliphatic carbocycles. The van der Waals surface area contributed by atoms with Crippen molar-refractivity contribution in [1.82, 2.24) is 10.3 Å². The second-order valence-corrected chi connectivity index (χ2v) is 5.42. The van der Waals surface area contributed by atoms with Crippen molar-refractivity contribution in [2.24, 2.45) is 0 Å². The maximum Gasteiger partial charge on any atom is 0.123 e. The Hall–Kier alpha value is -1.26. The topological polar surface area (TPSA) is 24.9 Å². The molecule has 4 heteroatoms. The van der Waals surface area contributed by atoms with Crippen molar-refractivity contribution in [3.05, 3.63) is 51.7 Å². The van der Waals surface area contributed by atoms with E-state index in [9.17, 15) is 4.39 Å². The fourth-order valence-electron chi connectivity index (χ4n) is 1.85. The van der Waals surface area contributed by atoms with Gasteiger partial charge >= 0.3 is 0 Å². The minimum absolute atomic E-state index is 0.169. The van der Waals surface area contributed by atoms with E-state index in [1.54, 1.807) is 23.5 Å². The predicted octanol–water partition coefficient (Wildman–Crippen LogP) is 3.31. The molecule has 0 amide bonds. The summed E-state index contributed by atoms with van der Waals surface area (Å²) in [7, 11) is 0. The monoisotopic (exact) mass is 264 g/mol. The number of aromatic nitrogens is 1. The molecule has 2 rings (SSSR count). The molecule has 96 valence electrons. The van der Waals surface area contributed by atoms with Crippen LogP contribution in [0.2, 0.25) is 0 Å². The third-order valence-electron chi connectivity index (χ3n) is 2.89. The van der Waals surface area contributed by atoms with E-state index in [2.05, 4.69) is 17.2 Å². The Kier molecular flexibility index (Phi) is 4.44. The average Bonchev–Trinajstić information content (AvgIpc) is 2.72. The number of hydrogen-bond acceptors (Lipinski definition) is 3. The summed E-state index contributed by atoms with van der Waals surface area (Å²) in [5.41, 5.74) is 3.98. The molecule has 0 bridgehead atoms. The van der Waals surface area contributed by atoms with Crippen molar-refractivity contribution in [2.45, 2.75) is 32.9 Å². The van der Waals surface area contributed by atoms with Crippen LogP contribution in [-0.4, -0.2) is 11.0 Å². The first-order valence-corrected chi connectivity index (χ1v) is 6.90. The fraction of sp³-hybridized carbons (Fsp3) is 0.357. The minimum atomic E-state index is -0.169. The van der Waals surface area contributed by atoms with Crippen LogP contribution < -0.4 is 5.32 Å². The van der Waals surface area contributed by atoms with Gasteiger partial charge in [-0.2, -0.15) is 0 Å². The molecule has 2 nitrogen and oxygen atoms in total. The number of benzene rings is 1.